The van der Waals surface area contributed by atoms with Crippen LogP contribution in [0.3, 0.4) is 0 Å². The van der Waals surface area contributed by atoms with E-state index in [1.165, 1.54) is 7.11 Å². The van der Waals surface area contributed by atoms with Crippen LogP contribution in [0.5, 0.6) is 5.88 Å². The molecule has 0 amide bonds. The Bertz CT molecular complexity index is 722. The van der Waals surface area contributed by atoms with Gasteiger partial charge in [0.2, 0.25) is 0 Å². The quantitative estimate of drug-likeness (QED) is 0.568. The van der Waals surface area contributed by atoms with Crippen molar-refractivity contribution in [2.75, 3.05) is 13.7 Å². The number of carbonyl (C=O) groups excluding carboxylic acids is 1. The predicted octanol–water partition coefficient (Wildman–Crippen LogP) is 1.34. The van der Waals surface area contributed by atoms with Crippen LogP contribution in [-0.2, 0) is 24.6 Å². The molecule has 0 saturated heterocycles. The first-order chi connectivity index (χ1) is 11.6. The highest BCUT2D eigenvalue weighted by Crippen LogP contribution is 2.36. The highest BCUT2D eigenvalue weighted by Gasteiger charge is 2.20. The summed E-state index contributed by atoms with van der Waals surface area (Å²) in [5.74, 6) is -0.171. The van der Waals surface area contributed by atoms with Crippen molar-refractivity contribution in [3.63, 3.8) is 0 Å². The first kappa shape index (κ1) is 18.0. The molecule has 1 aromatic heterocycles. The Morgan fingerprint density at radius 2 is 1.79 bits per heavy atom. The summed E-state index contributed by atoms with van der Waals surface area (Å²) in [5, 5.41) is 28.7. The number of hydrogen-bond donors (Lipinski definition) is 4. The van der Waals surface area contributed by atoms with Gasteiger partial charge >= 0.3 is 5.97 Å². The van der Waals surface area contributed by atoms with Crippen LogP contribution in [0.4, 0.5) is 0 Å². The zero-order chi connectivity index (χ0) is 17.7. The summed E-state index contributed by atoms with van der Waals surface area (Å²) < 4.78 is 10.2. The first-order valence-electron chi connectivity index (χ1n) is 7.51. The number of aromatic nitrogens is 1. The number of carbonyl (C=O) groups is 1. The fourth-order valence-electron chi connectivity index (χ4n) is 2.64. The molecule has 4 N–H and O–H groups in total. The molecule has 0 aliphatic rings. The van der Waals surface area contributed by atoms with Crippen LogP contribution in [-0.4, -0.2) is 40.0 Å². The highest BCUT2D eigenvalue weighted by atomic mass is 16.5. The minimum absolute atomic E-state index is 0.226. The van der Waals surface area contributed by atoms with Gasteiger partial charge in [0, 0.05) is 5.56 Å². The second-order valence-corrected chi connectivity index (χ2v) is 5.05. The minimum atomic E-state index is -0.512. The molecule has 2 rings (SSSR count). The van der Waals surface area contributed by atoms with Crippen LogP contribution in [0.15, 0.2) is 18.2 Å². The molecule has 1 heterocycles. The van der Waals surface area contributed by atoms with E-state index in [1.54, 1.807) is 25.1 Å². The maximum Gasteiger partial charge on any atom is 0.354 e. The van der Waals surface area contributed by atoms with Crippen molar-refractivity contribution in [1.29, 1.82) is 0 Å². The van der Waals surface area contributed by atoms with Crippen LogP contribution < -0.4 is 4.74 Å². The first-order valence-corrected chi connectivity index (χ1v) is 7.51. The van der Waals surface area contributed by atoms with Crippen LogP contribution in [0.1, 0.15) is 34.1 Å². The molecule has 130 valence electrons. The van der Waals surface area contributed by atoms with Gasteiger partial charge in [-0.3, -0.25) is 0 Å². The molecule has 0 bridgehead atoms. The van der Waals surface area contributed by atoms with Crippen molar-refractivity contribution in [1.82, 2.24) is 4.98 Å². The number of esters is 1. The van der Waals surface area contributed by atoms with Gasteiger partial charge in [0.05, 0.1) is 33.5 Å². The van der Waals surface area contributed by atoms with E-state index < -0.39 is 5.97 Å². The molecule has 24 heavy (non-hydrogen) atoms. The van der Waals surface area contributed by atoms with E-state index in [2.05, 4.69) is 4.98 Å². The van der Waals surface area contributed by atoms with E-state index in [-0.39, 0.29) is 32.1 Å². The van der Waals surface area contributed by atoms with Gasteiger partial charge in [-0.15, -0.1) is 0 Å². The van der Waals surface area contributed by atoms with Gasteiger partial charge in [0.1, 0.15) is 5.69 Å². The second kappa shape index (κ2) is 7.96. The van der Waals surface area contributed by atoms with E-state index in [9.17, 15) is 20.1 Å². The third kappa shape index (κ3) is 3.28. The molecule has 7 heteroatoms. The summed E-state index contributed by atoms with van der Waals surface area (Å²) in [6, 6.07) is 4.94. The van der Waals surface area contributed by atoms with Crippen molar-refractivity contribution in [3.05, 3.63) is 40.6 Å². The standard InChI is InChI=1S/C17H21NO6/c1-3-24-17(22)15-6-12(16(18-15)23-2)11-5-4-10(7-19)13(8-20)14(11)9-21/h4-6,18-21H,3,7-9H2,1-2H3. The van der Waals surface area contributed by atoms with Crippen molar-refractivity contribution < 1.29 is 29.6 Å². The van der Waals surface area contributed by atoms with Gasteiger partial charge in [-0.05, 0) is 35.2 Å². The summed E-state index contributed by atoms with van der Waals surface area (Å²) in [7, 11) is 1.46. The van der Waals surface area contributed by atoms with E-state index in [0.29, 0.717) is 33.7 Å². The van der Waals surface area contributed by atoms with E-state index in [0.717, 1.165) is 0 Å². The second-order valence-electron chi connectivity index (χ2n) is 5.05. The van der Waals surface area contributed by atoms with Crippen LogP contribution >= 0.6 is 0 Å². The number of nitrogens with one attached hydrogen (secondary N) is 1. The summed E-state index contributed by atoms with van der Waals surface area (Å²) in [4.78, 5) is 14.7. The molecule has 7 nitrogen and oxygen atoms in total. The van der Waals surface area contributed by atoms with Gasteiger partial charge < -0.3 is 29.8 Å². The topological polar surface area (TPSA) is 112 Å². The number of benzene rings is 1. The number of aliphatic hydroxyl groups excluding tert-OH is 3. The number of aliphatic hydroxyl groups is 3. The Balaban J connectivity index is 2.61. The van der Waals surface area contributed by atoms with Gasteiger partial charge in [0.15, 0.2) is 5.88 Å². The van der Waals surface area contributed by atoms with Crippen molar-refractivity contribution >= 4 is 5.97 Å². The molecule has 0 atom stereocenters. The van der Waals surface area contributed by atoms with Gasteiger partial charge in [-0.1, -0.05) is 12.1 Å². The number of aromatic amines is 1. The van der Waals surface area contributed by atoms with Gasteiger partial charge in [-0.25, -0.2) is 4.79 Å². The molecule has 2 aromatic rings. The fourth-order valence-corrected chi connectivity index (χ4v) is 2.64. The zero-order valence-electron chi connectivity index (χ0n) is 13.6. The lowest BCUT2D eigenvalue weighted by Gasteiger charge is -2.15. The predicted molar refractivity (Wildman–Crippen MR) is 86.5 cm³/mol. The zero-order valence-corrected chi connectivity index (χ0v) is 13.6. The van der Waals surface area contributed by atoms with Crippen molar-refractivity contribution in [2.45, 2.75) is 26.7 Å². The lowest BCUT2D eigenvalue weighted by molar-refractivity contribution is 0.0519. The molecular weight excluding hydrogens is 314 g/mol. The SMILES string of the molecule is CCOC(=O)c1cc(-c2ccc(CO)c(CO)c2CO)c(OC)[nH]1. The smallest absolute Gasteiger partial charge is 0.354 e. The third-order valence-electron chi connectivity index (χ3n) is 3.79. The highest BCUT2D eigenvalue weighted by molar-refractivity contribution is 5.91. The van der Waals surface area contributed by atoms with E-state index in [4.69, 9.17) is 9.47 Å². The number of rotatable bonds is 7. The molecular formula is C17H21NO6. The molecule has 0 aliphatic heterocycles. The van der Waals surface area contributed by atoms with Crippen molar-refractivity contribution in [2.24, 2.45) is 0 Å². The van der Waals surface area contributed by atoms with E-state index in [1.807, 2.05) is 0 Å². The largest absolute Gasteiger partial charge is 0.482 e. The number of hydrogen-bond acceptors (Lipinski definition) is 6. The molecule has 0 fully saturated rings. The molecule has 0 unspecified atom stereocenters. The molecule has 0 spiro atoms. The molecule has 0 saturated carbocycles. The monoisotopic (exact) mass is 335 g/mol. The van der Waals surface area contributed by atoms with Crippen molar-refractivity contribution in [3.8, 4) is 17.0 Å². The summed E-state index contributed by atoms with van der Waals surface area (Å²) in [5.41, 5.74) is 2.84. The lowest BCUT2D eigenvalue weighted by Crippen LogP contribution is -2.04. The van der Waals surface area contributed by atoms with E-state index >= 15 is 0 Å². The van der Waals surface area contributed by atoms with Gasteiger partial charge in [0.25, 0.3) is 0 Å². The fraction of sp³-hybridized carbons (Fsp3) is 0.353. The third-order valence-corrected chi connectivity index (χ3v) is 3.79. The van der Waals surface area contributed by atoms with Crippen LogP contribution in [0.25, 0.3) is 11.1 Å². The summed E-state index contributed by atoms with van der Waals surface area (Å²) >= 11 is 0. The maximum atomic E-state index is 11.9. The normalized spacial score (nSPS) is 10.7. The Morgan fingerprint density at radius 3 is 2.33 bits per heavy atom. The summed E-state index contributed by atoms with van der Waals surface area (Å²) in [6.45, 7) is 1.06. The molecule has 0 radical (unpaired) electrons. The van der Waals surface area contributed by atoms with Gasteiger partial charge in [-0.2, -0.15) is 0 Å². The maximum absolute atomic E-state index is 11.9. The average molecular weight is 335 g/mol. The van der Waals surface area contributed by atoms with Crippen LogP contribution in [0, 0.1) is 0 Å². The summed E-state index contributed by atoms with van der Waals surface area (Å²) in [6.07, 6.45) is 0. The molecule has 0 aliphatic carbocycles. The Hall–Kier alpha value is -2.35. The Labute approximate surface area is 139 Å². The number of ether oxygens (including phenoxy) is 2. The minimum Gasteiger partial charge on any atom is -0.482 e. The van der Waals surface area contributed by atoms with Crippen LogP contribution in [0.2, 0.25) is 0 Å². The molecule has 1 aromatic carbocycles. The Morgan fingerprint density at radius 1 is 1.08 bits per heavy atom. The number of H-pyrrole nitrogens is 1. The average Bonchev–Trinajstić information content (AvgIpc) is 3.04. The number of methoxy groups -OCH3 is 1. The Kier molecular flexibility index (Phi) is 5.97. The lowest BCUT2D eigenvalue weighted by atomic mass is 9.93.